The van der Waals surface area contributed by atoms with Crippen molar-refractivity contribution in [3.8, 4) is 0 Å². The van der Waals surface area contributed by atoms with Gasteiger partial charge in [0.2, 0.25) is 0 Å². The van der Waals surface area contributed by atoms with Gasteiger partial charge in [-0.15, -0.1) is 0 Å². The van der Waals surface area contributed by atoms with Gasteiger partial charge in [0.1, 0.15) is 0 Å². The van der Waals surface area contributed by atoms with Crippen LogP contribution in [-0.4, -0.2) is 62.0 Å². The minimum Gasteiger partial charge on any atom is -0.381 e. The Labute approximate surface area is 133 Å². The molecule has 2 aliphatic rings. The Morgan fingerprint density at radius 2 is 1.91 bits per heavy atom. The molecule has 128 valence electrons. The van der Waals surface area contributed by atoms with E-state index in [-0.39, 0.29) is 24.2 Å². The molecule has 0 aromatic rings. The molecule has 0 bridgehead atoms. The van der Waals surface area contributed by atoms with E-state index in [1.165, 1.54) is 0 Å². The van der Waals surface area contributed by atoms with E-state index in [4.69, 9.17) is 15.2 Å². The molecule has 6 heteroatoms. The van der Waals surface area contributed by atoms with Gasteiger partial charge in [0.25, 0.3) is 0 Å². The van der Waals surface area contributed by atoms with Crippen LogP contribution >= 0.6 is 0 Å². The first-order chi connectivity index (χ1) is 10.7. The summed E-state index contributed by atoms with van der Waals surface area (Å²) < 4.78 is 11.5. The molecule has 2 amide bonds. The molecule has 0 radical (unpaired) electrons. The molecule has 2 fully saturated rings. The maximum atomic E-state index is 12.2. The highest BCUT2D eigenvalue weighted by Crippen LogP contribution is 2.24. The number of hydrogen-bond donors (Lipinski definition) is 2. The molecule has 1 aliphatic heterocycles. The molecular weight excluding hydrogens is 282 g/mol. The lowest BCUT2D eigenvalue weighted by atomic mass is 9.94. The van der Waals surface area contributed by atoms with Crippen LogP contribution in [0, 0.1) is 0 Å². The van der Waals surface area contributed by atoms with Crippen LogP contribution in [-0.2, 0) is 9.47 Å². The molecule has 1 heterocycles. The van der Waals surface area contributed by atoms with Crippen LogP contribution in [0.25, 0.3) is 0 Å². The zero-order chi connectivity index (χ0) is 15.9. The fraction of sp³-hybridized carbons (Fsp3) is 0.938. The highest BCUT2D eigenvalue weighted by molar-refractivity contribution is 5.74. The second-order valence-electron chi connectivity index (χ2n) is 6.37. The summed E-state index contributed by atoms with van der Waals surface area (Å²) in [6.07, 6.45) is 6.74. The quantitative estimate of drug-likeness (QED) is 0.806. The average molecular weight is 313 g/mol. The van der Waals surface area contributed by atoms with E-state index in [9.17, 15) is 4.79 Å². The third-order valence-electron chi connectivity index (χ3n) is 4.88. The number of carbonyl (C=O) groups excluding carboxylic acids is 1. The third-order valence-corrected chi connectivity index (χ3v) is 4.88. The van der Waals surface area contributed by atoms with Gasteiger partial charge in [-0.25, -0.2) is 4.79 Å². The molecule has 2 unspecified atom stereocenters. The predicted octanol–water partition coefficient (Wildman–Crippen LogP) is 1.48. The van der Waals surface area contributed by atoms with Crippen LogP contribution in [0.15, 0.2) is 0 Å². The SMILES string of the molecule is CCNC(=O)N1CCCC(N)C1COC1CCC(OC)CC1. The molecule has 3 N–H and O–H groups in total. The summed E-state index contributed by atoms with van der Waals surface area (Å²) in [5, 5.41) is 2.88. The Bertz CT molecular complexity index is 346. The molecular formula is C16H31N3O3. The first-order valence-corrected chi connectivity index (χ1v) is 8.60. The lowest BCUT2D eigenvalue weighted by Gasteiger charge is -2.40. The Hall–Kier alpha value is -0.850. The standard InChI is InChI=1S/C16H31N3O3/c1-3-18-16(20)19-10-4-5-14(17)15(19)11-22-13-8-6-12(21-2)7-9-13/h12-15H,3-11,17H2,1-2H3,(H,18,20). The third kappa shape index (κ3) is 4.57. The lowest BCUT2D eigenvalue weighted by Crippen LogP contribution is -2.59. The number of urea groups is 1. The van der Waals surface area contributed by atoms with Crippen LogP contribution in [0.4, 0.5) is 4.79 Å². The molecule has 0 aromatic heterocycles. The number of amides is 2. The largest absolute Gasteiger partial charge is 0.381 e. The number of hydrogen-bond acceptors (Lipinski definition) is 4. The van der Waals surface area contributed by atoms with Crippen LogP contribution in [0.3, 0.4) is 0 Å². The predicted molar refractivity (Wildman–Crippen MR) is 85.8 cm³/mol. The fourth-order valence-electron chi connectivity index (χ4n) is 3.47. The lowest BCUT2D eigenvalue weighted by molar-refractivity contribution is -0.0390. The van der Waals surface area contributed by atoms with Crippen LogP contribution in [0.1, 0.15) is 45.4 Å². The summed E-state index contributed by atoms with van der Waals surface area (Å²) in [7, 11) is 1.77. The van der Waals surface area contributed by atoms with Gasteiger partial charge in [-0.05, 0) is 45.4 Å². The molecule has 22 heavy (non-hydrogen) atoms. The highest BCUT2D eigenvalue weighted by Gasteiger charge is 2.33. The normalized spacial score (nSPS) is 32.8. The zero-order valence-electron chi connectivity index (χ0n) is 13.9. The van der Waals surface area contributed by atoms with E-state index in [1.54, 1.807) is 7.11 Å². The second-order valence-corrected chi connectivity index (χ2v) is 6.37. The van der Waals surface area contributed by atoms with Gasteiger partial charge in [0, 0.05) is 26.2 Å². The van der Waals surface area contributed by atoms with E-state index >= 15 is 0 Å². The summed E-state index contributed by atoms with van der Waals surface area (Å²) in [4.78, 5) is 14.0. The van der Waals surface area contributed by atoms with Gasteiger partial charge >= 0.3 is 6.03 Å². The number of nitrogens with two attached hydrogens (primary N) is 1. The number of piperidine rings is 1. The van der Waals surface area contributed by atoms with Crippen molar-refractivity contribution in [2.45, 2.75) is 69.7 Å². The molecule has 1 aliphatic carbocycles. The minimum atomic E-state index is -0.0191. The maximum absolute atomic E-state index is 12.2. The number of likely N-dealkylation sites (tertiary alicyclic amines) is 1. The summed E-state index contributed by atoms with van der Waals surface area (Å²) >= 11 is 0. The number of carbonyl (C=O) groups is 1. The molecule has 2 atom stereocenters. The maximum Gasteiger partial charge on any atom is 0.317 e. The summed E-state index contributed by atoms with van der Waals surface area (Å²) in [6.45, 7) is 3.88. The number of methoxy groups -OCH3 is 1. The van der Waals surface area contributed by atoms with Crippen LogP contribution < -0.4 is 11.1 Å². The Balaban J connectivity index is 1.83. The van der Waals surface area contributed by atoms with Crippen molar-refractivity contribution in [1.82, 2.24) is 10.2 Å². The van der Waals surface area contributed by atoms with Gasteiger partial charge < -0.3 is 25.4 Å². The molecule has 1 saturated heterocycles. The fourth-order valence-corrected chi connectivity index (χ4v) is 3.47. The summed E-state index contributed by atoms with van der Waals surface area (Å²) in [5.41, 5.74) is 6.24. The van der Waals surface area contributed by atoms with Gasteiger partial charge in [0.05, 0.1) is 24.9 Å². The molecule has 0 aromatic carbocycles. The smallest absolute Gasteiger partial charge is 0.317 e. The van der Waals surface area contributed by atoms with Crippen molar-refractivity contribution >= 4 is 6.03 Å². The summed E-state index contributed by atoms with van der Waals surface area (Å²) in [6, 6.07) is -0.0264. The average Bonchev–Trinajstić information content (AvgIpc) is 2.54. The molecule has 0 spiro atoms. The van der Waals surface area contributed by atoms with Crippen LogP contribution in [0.2, 0.25) is 0 Å². The van der Waals surface area contributed by atoms with Crippen molar-refractivity contribution in [2.75, 3.05) is 26.8 Å². The van der Waals surface area contributed by atoms with E-state index in [1.807, 2.05) is 11.8 Å². The Kier molecular flexibility index (Phi) is 6.92. The van der Waals surface area contributed by atoms with Crippen molar-refractivity contribution in [3.05, 3.63) is 0 Å². The number of nitrogens with zero attached hydrogens (tertiary/aromatic N) is 1. The zero-order valence-corrected chi connectivity index (χ0v) is 13.9. The number of nitrogens with one attached hydrogen (secondary N) is 1. The topological polar surface area (TPSA) is 76.8 Å². The monoisotopic (exact) mass is 313 g/mol. The second kappa shape index (κ2) is 8.70. The molecule has 2 rings (SSSR count). The molecule has 1 saturated carbocycles. The van der Waals surface area contributed by atoms with E-state index in [2.05, 4.69) is 5.32 Å². The first-order valence-electron chi connectivity index (χ1n) is 8.60. The van der Waals surface area contributed by atoms with Crippen LogP contribution in [0.5, 0.6) is 0 Å². The van der Waals surface area contributed by atoms with E-state index in [0.717, 1.165) is 45.1 Å². The van der Waals surface area contributed by atoms with Gasteiger partial charge in [0.15, 0.2) is 0 Å². The van der Waals surface area contributed by atoms with Gasteiger partial charge in [-0.1, -0.05) is 0 Å². The van der Waals surface area contributed by atoms with Gasteiger partial charge in [-0.3, -0.25) is 0 Å². The van der Waals surface area contributed by atoms with Gasteiger partial charge in [-0.2, -0.15) is 0 Å². The summed E-state index contributed by atoms with van der Waals surface area (Å²) in [5.74, 6) is 0. The van der Waals surface area contributed by atoms with Crippen molar-refractivity contribution in [1.29, 1.82) is 0 Å². The number of ether oxygens (including phenoxy) is 2. The first kappa shape index (κ1) is 17.5. The highest BCUT2D eigenvalue weighted by atomic mass is 16.5. The molecule has 6 nitrogen and oxygen atoms in total. The van der Waals surface area contributed by atoms with Crippen molar-refractivity contribution < 1.29 is 14.3 Å². The Morgan fingerprint density at radius 3 is 2.55 bits per heavy atom. The van der Waals surface area contributed by atoms with Crippen molar-refractivity contribution in [2.24, 2.45) is 5.73 Å². The number of rotatable bonds is 5. The van der Waals surface area contributed by atoms with E-state index in [0.29, 0.717) is 19.3 Å². The minimum absolute atomic E-state index is 0.00618. The van der Waals surface area contributed by atoms with E-state index < -0.39 is 0 Å². The Morgan fingerprint density at radius 1 is 1.23 bits per heavy atom. The van der Waals surface area contributed by atoms with Crippen molar-refractivity contribution in [3.63, 3.8) is 0 Å².